The zero-order valence-corrected chi connectivity index (χ0v) is 17.4. The minimum absolute atomic E-state index is 0.665. The van der Waals surface area contributed by atoms with E-state index in [2.05, 4.69) is 44.0 Å². The third kappa shape index (κ3) is 5.31. The molecule has 0 aliphatic carbocycles. The molecule has 1 aliphatic rings. The van der Waals surface area contributed by atoms with E-state index in [1.807, 2.05) is 24.4 Å². The fourth-order valence-electron chi connectivity index (χ4n) is 4.17. The van der Waals surface area contributed by atoms with Crippen LogP contribution >= 0.6 is 0 Å². The predicted octanol–water partition coefficient (Wildman–Crippen LogP) is 2.52. The smallest absolute Gasteiger partial charge is 0.252 e. The minimum Gasteiger partial charge on any atom is -0.497 e. The zero-order valence-electron chi connectivity index (χ0n) is 17.4. The van der Waals surface area contributed by atoms with Crippen LogP contribution in [-0.4, -0.2) is 69.7 Å². The molecule has 29 heavy (non-hydrogen) atoms. The summed E-state index contributed by atoms with van der Waals surface area (Å²) in [5.74, 6) is 3.11. The molecule has 1 fully saturated rings. The summed E-state index contributed by atoms with van der Waals surface area (Å²) in [5.41, 5.74) is 1.37. The maximum absolute atomic E-state index is 5.25. The van der Waals surface area contributed by atoms with Gasteiger partial charge in [0.2, 0.25) is 0 Å². The first-order chi connectivity index (χ1) is 14.2. The summed E-state index contributed by atoms with van der Waals surface area (Å²) in [6.45, 7) is 5.32. The van der Waals surface area contributed by atoms with Crippen molar-refractivity contribution in [2.75, 3.05) is 40.3 Å². The Kier molecular flexibility index (Phi) is 6.36. The van der Waals surface area contributed by atoms with E-state index in [9.17, 15) is 0 Å². The van der Waals surface area contributed by atoms with Gasteiger partial charge < -0.3 is 9.64 Å². The van der Waals surface area contributed by atoms with Gasteiger partial charge in [-0.2, -0.15) is 4.98 Å². The number of methoxy groups -OCH3 is 1. The second-order valence-electron chi connectivity index (χ2n) is 8.00. The van der Waals surface area contributed by atoms with Crippen LogP contribution in [0.4, 0.5) is 0 Å². The molecular weight excluding hydrogens is 364 g/mol. The Labute approximate surface area is 172 Å². The largest absolute Gasteiger partial charge is 0.497 e. The molecule has 0 amide bonds. The molecule has 0 saturated carbocycles. The molecule has 154 valence electrons. The molecule has 0 unspecified atom stereocenters. The Morgan fingerprint density at radius 1 is 1.24 bits per heavy atom. The van der Waals surface area contributed by atoms with Gasteiger partial charge in [0, 0.05) is 32.0 Å². The number of nitrogens with zero attached hydrogens (tertiary/aromatic N) is 6. The van der Waals surface area contributed by atoms with Gasteiger partial charge >= 0.3 is 0 Å². The van der Waals surface area contributed by atoms with Crippen molar-refractivity contribution in [2.45, 2.75) is 25.8 Å². The Morgan fingerprint density at radius 3 is 2.90 bits per heavy atom. The highest BCUT2D eigenvalue weighted by Gasteiger charge is 2.21. The summed E-state index contributed by atoms with van der Waals surface area (Å²) in [7, 11) is 3.87. The molecule has 0 N–H and O–H groups in total. The number of hydrogen-bond acceptors (Lipinski definition) is 6. The van der Waals surface area contributed by atoms with Crippen LogP contribution in [0.15, 0.2) is 42.7 Å². The van der Waals surface area contributed by atoms with Crippen molar-refractivity contribution >= 4 is 5.78 Å². The van der Waals surface area contributed by atoms with E-state index in [1.165, 1.54) is 31.5 Å². The maximum atomic E-state index is 5.25. The van der Waals surface area contributed by atoms with Crippen molar-refractivity contribution in [2.24, 2.45) is 5.92 Å². The lowest BCUT2D eigenvalue weighted by atomic mass is 9.97. The SMILES string of the molecule is COc1ccc(CCN2CCC[C@@H](CN(C)Cc3nc4ncccn4n3)C2)cc1. The molecule has 1 aliphatic heterocycles. The van der Waals surface area contributed by atoms with Crippen molar-refractivity contribution in [3.05, 3.63) is 54.1 Å². The minimum atomic E-state index is 0.665. The first-order valence-corrected chi connectivity index (χ1v) is 10.4. The third-order valence-corrected chi connectivity index (χ3v) is 5.62. The Bertz CT molecular complexity index is 876. The summed E-state index contributed by atoms with van der Waals surface area (Å²) in [5, 5.41) is 4.52. The standard InChI is InChI=1S/C22H30N6O/c1-26(17-21-24-22-23-11-4-13-28(22)25-21)15-19-5-3-12-27(16-19)14-10-18-6-8-20(29-2)9-7-18/h4,6-9,11,13,19H,3,5,10,12,14-17H2,1-2H3/t19-/m0/s1. The Balaban J connectivity index is 1.25. The fourth-order valence-corrected chi connectivity index (χ4v) is 4.17. The fraction of sp³-hybridized carbons (Fsp3) is 0.500. The van der Waals surface area contributed by atoms with Crippen LogP contribution in [0.5, 0.6) is 5.75 Å². The summed E-state index contributed by atoms with van der Waals surface area (Å²) in [6, 6.07) is 10.3. The molecule has 7 heteroatoms. The van der Waals surface area contributed by atoms with E-state index in [0.717, 1.165) is 37.6 Å². The third-order valence-electron chi connectivity index (χ3n) is 5.62. The van der Waals surface area contributed by atoms with Gasteiger partial charge in [0.15, 0.2) is 5.82 Å². The maximum Gasteiger partial charge on any atom is 0.252 e. The normalized spacial score (nSPS) is 17.8. The van der Waals surface area contributed by atoms with Crippen LogP contribution in [0.1, 0.15) is 24.2 Å². The van der Waals surface area contributed by atoms with Gasteiger partial charge in [-0.1, -0.05) is 12.1 Å². The molecule has 3 heterocycles. The molecule has 0 spiro atoms. The molecule has 7 nitrogen and oxygen atoms in total. The molecule has 0 radical (unpaired) electrons. The van der Waals surface area contributed by atoms with Gasteiger partial charge in [-0.15, -0.1) is 5.10 Å². The second kappa shape index (κ2) is 9.33. The van der Waals surface area contributed by atoms with Crippen molar-refractivity contribution < 1.29 is 4.74 Å². The number of likely N-dealkylation sites (tertiary alicyclic amines) is 1. The molecule has 3 aromatic rings. The van der Waals surface area contributed by atoms with Crippen LogP contribution < -0.4 is 4.74 Å². The number of fused-ring (bicyclic) bond motifs is 1. The molecule has 1 aromatic carbocycles. The van der Waals surface area contributed by atoms with E-state index in [1.54, 1.807) is 17.8 Å². The lowest BCUT2D eigenvalue weighted by Crippen LogP contribution is -2.40. The first kappa shape index (κ1) is 19.8. The molecular formula is C22H30N6O. The highest BCUT2D eigenvalue weighted by molar-refractivity contribution is 5.27. The Hall–Kier alpha value is -2.51. The number of benzene rings is 1. The quantitative estimate of drug-likeness (QED) is 0.585. The van der Waals surface area contributed by atoms with Crippen LogP contribution in [0, 0.1) is 5.92 Å². The Morgan fingerprint density at radius 2 is 2.10 bits per heavy atom. The van der Waals surface area contributed by atoms with Gasteiger partial charge in [-0.05, 0) is 62.5 Å². The molecule has 1 atom stereocenters. The van der Waals surface area contributed by atoms with Crippen molar-refractivity contribution in [3.63, 3.8) is 0 Å². The number of aromatic nitrogens is 4. The number of hydrogen-bond donors (Lipinski definition) is 0. The van der Waals surface area contributed by atoms with E-state index in [4.69, 9.17) is 4.74 Å². The van der Waals surface area contributed by atoms with E-state index in [-0.39, 0.29) is 0 Å². The number of piperidine rings is 1. The van der Waals surface area contributed by atoms with Crippen LogP contribution in [-0.2, 0) is 13.0 Å². The highest BCUT2D eigenvalue weighted by atomic mass is 16.5. The highest BCUT2D eigenvalue weighted by Crippen LogP contribution is 2.19. The summed E-state index contributed by atoms with van der Waals surface area (Å²) >= 11 is 0. The monoisotopic (exact) mass is 394 g/mol. The summed E-state index contributed by atoms with van der Waals surface area (Å²) in [6.07, 6.45) is 7.30. The van der Waals surface area contributed by atoms with Crippen molar-refractivity contribution in [1.82, 2.24) is 29.4 Å². The molecule has 0 bridgehead atoms. The average molecular weight is 395 g/mol. The predicted molar refractivity (Wildman–Crippen MR) is 113 cm³/mol. The zero-order chi connectivity index (χ0) is 20.1. The van der Waals surface area contributed by atoms with Gasteiger partial charge in [0.1, 0.15) is 5.75 Å². The molecule has 1 saturated heterocycles. The van der Waals surface area contributed by atoms with E-state index in [0.29, 0.717) is 11.7 Å². The average Bonchev–Trinajstić information content (AvgIpc) is 3.15. The number of ether oxygens (including phenoxy) is 1. The lowest BCUT2D eigenvalue weighted by Gasteiger charge is -2.34. The van der Waals surface area contributed by atoms with E-state index < -0.39 is 0 Å². The summed E-state index contributed by atoms with van der Waals surface area (Å²) < 4.78 is 6.99. The van der Waals surface area contributed by atoms with Gasteiger partial charge in [0.05, 0.1) is 13.7 Å². The lowest BCUT2D eigenvalue weighted by molar-refractivity contribution is 0.141. The van der Waals surface area contributed by atoms with Crippen molar-refractivity contribution in [1.29, 1.82) is 0 Å². The second-order valence-corrected chi connectivity index (χ2v) is 8.00. The van der Waals surface area contributed by atoms with Gasteiger partial charge in [-0.25, -0.2) is 9.50 Å². The molecule has 4 rings (SSSR count). The van der Waals surface area contributed by atoms with Gasteiger partial charge in [-0.3, -0.25) is 4.90 Å². The topological polar surface area (TPSA) is 58.8 Å². The first-order valence-electron chi connectivity index (χ1n) is 10.4. The van der Waals surface area contributed by atoms with Crippen LogP contribution in [0.2, 0.25) is 0 Å². The molecule has 2 aromatic heterocycles. The van der Waals surface area contributed by atoms with E-state index >= 15 is 0 Å². The summed E-state index contributed by atoms with van der Waals surface area (Å²) in [4.78, 5) is 13.7. The van der Waals surface area contributed by atoms with Gasteiger partial charge in [0.25, 0.3) is 5.78 Å². The van der Waals surface area contributed by atoms with Crippen LogP contribution in [0.25, 0.3) is 5.78 Å². The van der Waals surface area contributed by atoms with Crippen LogP contribution in [0.3, 0.4) is 0 Å². The van der Waals surface area contributed by atoms with Crippen molar-refractivity contribution in [3.8, 4) is 5.75 Å². The number of rotatable bonds is 8.